The van der Waals surface area contributed by atoms with Gasteiger partial charge in [-0.25, -0.2) is 8.78 Å². The van der Waals surface area contributed by atoms with Crippen LogP contribution in [-0.4, -0.2) is 23.7 Å². The first-order chi connectivity index (χ1) is 17.8. The van der Waals surface area contributed by atoms with Gasteiger partial charge in [-0.15, -0.1) is 0 Å². The average molecular weight is 519 g/mol. The molecule has 0 spiro atoms. The van der Waals surface area contributed by atoms with E-state index in [1.807, 2.05) is 18.2 Å². The molecular formula is C30H25ClF2N2O2. The number of hydrogen-bond donors (Lipinski definition) is 1. The molecule has 3 aromatic carbocycles. The van der Waals surface area contributed by atoms with Crippen molar-refractivity contribution in [3.63, 3.8) is 0 Å². The minimum absolute atomic E-state index is 0.0557. The Labute approximate surface area is 219 Å². The number of aromatic nitrogens is 1. The summed E-state index contributed by atoms with van der Waals surface area (Å²) in [6.07, 6.45) is 2.10. The Morgan fingerprint density at radius 1 is 0.919 bits per heavy atom. The molecule has 188 valence electrons. The Hall–Kier alpha value is -3.90. The van der Waals surface area contributed by atoms with Crippen LogP contribution in [0.15, 0.2) is 85.1 Å². The summed E-state index contributed by atoms with van der Waals surface area (Å²) in [6, 6.07) is 21.2. The Kier molecular flexibility index (Phi) is 8.41. The van der Waals surface area contributed by atoms with E-state index in [0.717, 1.165) is 22.8 Å². The molecule has 1 N–H and O–H groups in total. The summed E-state index contributed by atoms with van der Waals surface area (Å²) in [6.45, 7) is 0. The first-order valence-electron chi connectivity index (χ1n) is 11.8. The lowest BCUT2D eigenvalue weighted by atomic mass is 9.85. The molecule has 0 aliphatic heterocycles. The van der Waals surface area contributed by atoms with E-state index in [2.05, 4.69) is 10.3 Å². The molecule has 37 heavy (non-hydrogen) atoms. The molecule has 4 nitrogen and oxygen atoms in total. The fraction of sp³-hybridized carbons (Fsp3) is 0.167. The summed E-state index contributed by atoms with van der Waals surface area (Å²) in [7, 11) is 1.56. The second-order valence-electron chi connectivity index (χ2n) is 8.82. The first-order valence-corrected chi connectivity index (χ1v) is 12.2. The number of carbonyl (C=O) groups excluding carboxylic acids is 2. The molecule has 0 aliphatic carbocycles. The van der Waals surface area contributed by atoms with E-state index in [0.29, 0.717) is 21.8 Å². The maximum atomic E-state index is 14.0. The predicted octanol–water partition coefficient (Wildman–Crippen LogP) is 6.57. The maximum Gasteiger partial charge on any atom is 0.251 e. The van der Waals surface area contributed by atoms with Crippen LogP contribution in [0.2, 0.25) is 5.02 Å². The largest absolute Gasteiger partial charge is 0.355 e. The van der Waals surface area contributed by atoms with Gasteiger partial charge in [-0.05, 0) is 65.6 Å². The highest BCUT2D eigenvalue weighted by Crippen LogP contribution is 2.33. The summed E-state index contributed by atoms with van der Waals surface area (Å²) in [5, 5.41) is 3.16. The predicted molar refractivity (Wildman–Crippen MR) is 141 cm³/mol. The van der Waals surface area contributed by atoms with Crippen molar-refractivity contribution in [3.8, 4) is 11.1 Å². The number of carbonyl (C=O) groups is 2. The van der Waals surface area contributed by atoms with Crippen LogP contribution >= 0.6 is 11.6 Å². The molecule has 0 fully saturated rings. The van der Waals surface area contributed by atoms with Crippen molar-refractivity contribution in [3.05, 3.63) is 124 Å². The lowest BCUT2D eigenvalue weighted by molar-refractivity contribution is -0.118. The standard InChI is InChI=1S/C30H25ClF2N2O2/c1-34-30(37)22-7-3-6-21(16-22)28-9-4-10-35-29(28)23(11-20-13-25(32)18-26(33)14-20)17-27(36)15-19-5-2-8-24(31)12-19/h2-10,12-14,16,18,23H,11,15,17H2,1H3,(H,34,37)/t23-/m1/s1. The van der Waals surface area contributed by atoms with Crippen molar-refractivity contribution in [1.29, 1.82) is 0 Å². The highest BCUT2D eigenvalue weighted by atomic mass is 35.5. The lowest BCUT2D eigenvalue weighted by Crippen LogP contribution is -2.17. The lowest BCUT2D eigenvalue weighted by Gasteiger charge is -2.20. The van der Waals surface area contributed by atoms with Crippen LogP contribution in [0.3, 0.4) is 0 Å². The highest BCUT2D eigenvalue weighted by Gasteiger charge is 2.23. The van der Waals surface area contributed by atoms with Gasteiger partial charge < -0.3 is 5.32 Å². The summed E-state index contributed by atoms with van der Waals surface area (Å²) in [5.74, 6) is -2.11. The molecule has 0 unspecified atom stereocenters. The Morgan fingerprint density at radius 2 is 1.68 bits per heavy atom. The number of halogens is 3. The molecule has 1 heterocycles. The molecule has 7 heteroatoms. The van der Waals surface area contributed by atoms with E-state index in [-0.39, 0.29) is 31.0 Å². The van der Waals surface area contributed by atoms with Crippen molar-refractivity contribution in [1.82, 2.24) is 10.3 Å². The topological polar surface area (TPSA) is 59.1 Å². The number of benzene rings is 3. The average Bonchev–Trinajstić information content (AvgIpc) is 2.87. The van der Waals surface area contributed by atoms with Crippen molar-refractivity contribution >= 4 is 23.3 Å². The van der Waals surface area contributed by atoms with E-state index in [9.17, 15) is 18.4 Å². The SMILES string of the molecule is CNC(=O)c1cccc(-c2cccnc2[C@@H](CC(=O)Cc2cccc(Cl)c2)Cc2cc(F)cc(F)c2)c1. The van der Waals surface area contributed by atoms with Gasteiger partial charge in [-0.3, -0.25) is 14.6 Å². The number of hydrogen-bond acceptors (Lipinski definition) is 3. The fourth-order valence-corrected chi connectivity index (χ4v) is 4.67. The van der Waals surface area contributed by atoms with Crippen LogP contribution in [0.5, 0.6) is 0 Å². The number of nitrogens with zero attached hydrogens (tertiary/aromatic N) is 1. The number of nitrogens with one attached hydrogen (secondary N) is 1. The molecule has 0 aliphatic rings. The second-order valence-corrected chi connectivity index (χ2v) is 9.26. The highest BCUT2D eigenvalue weighted by molar-refractivity contribution is 6.30. The van der Waals surface area contributed by atoms with Gasteiger partial charge in [0.25, 0.3) is 5.91 Å². The van der Waals surface area contributed by atoms with Gasteiger partial charge >= 0.3 is 0 Å². The van der Waals surface area contributed by atoms with Crippen LogP contribution in [0.25, 0.3) is 11.1 Å². The number of ketones is 1. The maximum absolute atomic E-state index is 14.0. The molecule has 0 saturated carbocycles. The summed E-state index contributed by atoms with van der Waals surface area (Å²) in [4.78, 5) is 30.0. The minimum Gasteiger partial charge on any atom is -0.355 e. The number of pyridine rings is 1. The van der Waals surface area contributed by atoms with Crippen molar-refractivity contribution < 1.29 is 18.4 Å². The molecule has 1 aromatic heterocycles. The number of rotatable bonds is 9. The fourth-order valence-electron chi connectivity index (χ4n) is 4.46. The molecule has 0 bridgehead atoms. The second kappa shape index (κ2) is 11.9. The Balaban J connectivity index is 1.72. The third-order valence-electron chi connectivity index (χ3n) is 6.06. The molecule has 0 radical (unpaired) electrons. The van der Waals surface area contributed by atoms with E-state index in [1.165, 1.54) is 12.1 Å². The molecule has 1 atom stereocenters. The summed E-state index contributed by atoms with van der Waals surface area (Å²) >= 11 is 6.08. The van der Waals surface area contributed by atoms with E-state index >= 15 is 0 Å². The monoisotopic (exact) mass is 518 g/mol. The van der Waals surface area contributed by atoms with Crippen LogP contribution in [0, 0.1) is 11.6 Å². The van der Waals surface area contributed by atoms with Gasteiger partial charge in [0.2, 0.25) is 0 Å². The number of Topliss-reactive ketones (excluding diaryl/α,β-unsaturated/α-hetero) is 1. The van der Waals surface area contributed by atoms with Gasteiger partial charge in [0, 0.05) is 54.2 Å². The molecule has 1 amide bonds. The smallest absolute Gasteiger partial charge is 0.251 e. The van der Waals surface area contributed by atoms with E-state index < -0.39 is 17.6 Å². The van der Waals surface area contributed by atoms with Crippen molar-refractivity contribution in [2.45, 2.75) is 25.2 Å². The zero-order valence-corrected chi connectivity index (χ0v) is 20.9. The third-order valence-corrected chi connectivity index (χ3v) is 6.29. The van der Waals surface area contributed by atoms with E-state index in [1.54, 1.807) is 55.7 Å². The van der Waals surface area contributed by atoms with E-state index in [4.69, 9.17) is 11.6 Å². The van der Waals surface area contributed by atoms with Crippen LogP contribution in [0.4, 0.5) is 8.78 Å². The summed E-state index contributed by atoms with van der Waals surface area (Å²) < 4.78 is 28.0. The molecule has 4 aromatic rings. The first kappa shape index (κ1) is 26.2. The van der Waals surface area contributed by atoms with Gasteiger partial charge in [-0.2, -0.15) is 0 Å². The van der Waals surface area contributed by atoms with Gasteiger partial charge in [0.1, 0.15) is 17.4 Å². The van der Waals surface area contributed by atoms with Crippen LogP contribution in [-0.2, 0) is 17.6 Å². The van der Waals surface area contributed by atoms with Gasteiger partial charge in [-0.1, -0.05) is 41.9 Å². The minimum atomic E-state index is -0.682. The number of amides is 1. The zero-order valence-electron chi connectivity index (χ0n) is 20.2. The molecular weight excluding hydrogens is 494 g/mol. The third kappa shape index (κ3) is 6.86. The summed E-state index contributed by atoms with van der Waals surface area (Å²) in [5.41, 5.74) is 3.80. The van der Waals surface area contributed by atoms with Gasteiger partial charge in [0.15, 0.2) is 0 Å². The van der Waals surface area contributed by atoms with Crippen LogP contribution in [0.1, 0.15) is 39.5 Å². The van der Waals surface area contributed by atoms with Crippen LogP contribution < -0.4 is 5.32 Å². The molecule has 4 rings (SSSR count). The van der Waals surface area contributed by atoms with Crippen molar-refractivity contribution in [2.24, 2.45) is 0 Å². The quantitative estimate of drug-likeness (QED) is 0.273. The Bertz CT molecular complexity index is 1420. The Morgan fingerprint density at radius 3 is 2.41 bits per heavy atom. The zero-order chi connectivity index (χ0) is 26.4. The van der Waals surface area contributed by atoms with Crippen molar-refractivity contribution in [2.75, 3.05) is 7.05 Å². The molecule has 0 saturated heterocycles. The normalized spacial score (nSPS) is 11.7. The van der Waals surface area contributed by atoms with Gasteiger partial charge in [0.05, 0.1) is 5.69 Å².